The van der Waals surface area contributed by atoms with Crippen LogP contribution in [-0.4, -0.2) is 67.9 Å². The van der Waals surface area contributed by atoms with E-state index in [1.54, 1.807) is 31.3 Å². The molecule has 1 fully saturated rings. The number of amides is 1. The summed E-state index contributed by atoms with van der Waals surface area (Å²) in [5.74, 6) is -1.39. The lowest BCUT2D eigenvalue weighted by Gasteiger charge is -2.30. The van der Waals surface area contributed by atoms with Crippen molar-refractivity contribution in [2.75, 3.05) is 33.9 Å². The van der Waals surface area contributed by atoms with Crippen molar-refractivity contribution in [3.8, 4) is 28.4 Å². The molecule has 3 aromatic carbocycles. The van der Waals surface area contributed by atoms with Gasteiger partial charge < -0.3 is 39.3 Å². The van der Waals surface area contributed by atoms with Crippen LogP contribution in [-0.2, 0) is 17.8 Å². The number of alkyl halides is 3. The summed E-state index contributed by atoms with van der Waals surface area (Å²) in [7, 11) is 3.23. The van der Waals surface area contributed by atoms with Gasteiger partial charge in [-0.15, -0.1) is 0 Å². The fourth-order valence-corrected chi connectivity index (χ4v) is 7.05. The van der Waals surface area contributed by atoms with E-state index >= 15 is 0 Å². The summed E-state index contributed by atoms with van der Waals surface area (Å²) < 4.78 is 49.1. The number of hydrogen-bond donors (Lipinski definition) is 2. The minimum atomic E-state index is -5.19. The molecule has 0 saturated carbocycles. The Balaban J connectivity index is 0.000000679. The first-order valence-electron chi connectivity index (χ1n) is 17.0. The second kappa shape index (κ2) is 16.3. The van der Waals surface area contributed by atoms with Crippen molar-refractivity contribution in [3.05, 3.63) is 85.7 Å². The van der Waals surface area contributed by atoms with E-state index in [2.05, 4.69) is 16.4 Å². The van der Waals surface area contributed by atoms with Crippen molar-refractivity contribution >= 4 is 34.4 Å². The number of piperidine rings is 1. The van der Waals surface area contributed by atoms with Crippen LogP contribution in [0, 0.1) is 13.8 Å². The molecule has 0 spiro atoms. The molecule has 0 aliphatic carbocycles. The maximum absolute atomic E-state index is 14.1. The number of carboxylic acid groups (broad SMARTS) is 1. The summed E-state index contributed by atoms with van der Waals surface area (Å²) in [6.07, 6.45) is 0.00302. The highest BCUT2D eigenvalue weighted by Gasteiger charge is 2.29. The standard InChI is InChI=1S/C36H40ClN3O5.C2HF3O2/c1-21-13-22(2)15-24(14-21)33-34(45-12-9-26-7-5-6-10-38-26)28-18-27(29(37)19-30(28)39-35(33)41)36(42)40-11-8-23-16-31(43-3)32(44-4)17-25(23)20-40;3-2(4,5)1(6)7/h13-19,26,38H,5-12,20H2,1-4H3,(H,39,41);(H,6,7)/t26-;/m0./s1. The second-order valence-electron chi connectivity index (χ2n) is 13.1. The number of benzene rings is 3. The van der Waals surface area contributed by atoms with Crippen molar-refractivity contribution in [1.82, 2.24) is 9.88 Å². The molecule has 2 aliphatic rings. The first-order chi connectivity index (χ1) is 24.7. The Morgan fingerprint density at radius 2 is 1.65 bits per heavy atom. The molecular weight excluding hydrogens is 703 g/mol. The smallest absolute Gasteiger partial charge is 0.430 e. The number of carbonyl (C=O) groups is 2. The van der Waals surface area contributed by atoms with E-state index in [9.17, 15) is 22.8 Å². The Morgan fingerprint density at radius 3 is 2.25 bits per heavy atom. The summed E-state index contributed by atoms with van der Waals surface area (Å²) in [6, 6.07) is 14.0. The van der Waals surface area contributed by atoms with E-state index in [-0.39, 0.29) is 16.5 Å². The highest BCUT2D eigenvalue weighted by Crippen LogP contribution is 2.38. The molecule has 14 heteroatoms. The van der Waals surface area contributed by atoms with E-state index in [4.69, 9.17) is 35.7 Å². The number of pyridine rings is 1. The quantitative estimate of drug-likeness (QED) is 0.263. The van der Waals surface area contributed by atoms with Crippen LogP contribution in [0.15, 0.2) is 47.3 Å². The lowest BCUT2D eigenvalue weighted by atomic mass is 9.97. The number of carbonyl (C=O) groups excluding carboxylic acids is 2. The summed E-state index contributed by atoms with van der Waals surface area (Å²) in [4.78, 5) is 41.3. The fourth-order valence-electron chi connectivity index (χ4n) is 6.81. The predicted molar refractivity (Wildman–Crippen MR) is 188 cm³/mol. The van der Waals surface area contributed by atoms with Gasteiger partial charge >= 0.3 is 6.18 Å². The summed E-state index contributed by atoms with van der Waals surface area (Å²) in [6.45, 7) is 6.60. The summed E-state index contributed by atoms with van der Waals surface area (Å²) in [5, 5.41) is 12.1. The molecule has 0 radical (unpaired) electrons. The van der Waals surface area contributed by atoms with Crippen LogP contribution in [0.3, 0.4) is 0 Å². The van der Waals surface area contributed by atoms with Gasteiger partial charge in [0, 0.05) is 24.9 Å². The predicted octanol–water partition coefficient (Wildman–Crippen LogP) is 4.86. The number of nitrogens with two attached hydrogens (primary N) is 1. The Labute approximate surface area is 303 Å². The van der Waals surface area contributed by atoms with Crippen molar-refractivity contribution in [3.63, 3.8) is 0 Å². The normalized spacial score (nSPS) is 15.7. The van der Waals surface area contributed by atoms with E-state index in [0.717, 1.165) is 47.2 Å². The van der Waals surface area contributed by atoms with Crippen LogP contribution in [0.5, 0.6) is 17.2 Å². The Hall–Kier alpha value is -4.75. The van der Waals surface area contributed by atoms with E-state index in [1.165, 1.54) is 12.8 Å². The van der Waals surface area contributed by atoms with E-state index < -0.39 is 12.1 Å². The van der Waals surface area contributed by atoms with Gasteiger partial charge in [0.25, 0.3) is 11.5 Å². The zero-order valence-corrected chi connectivity index (χ0v) is 30.1. The number of methoxy groups -OCH3 is 2. The number of nitrogens with zero attached hydrogens (tertiary/aromatic N) is 1. The SMILES string of the molecule is COc1cc2c(cc1OC)CN(C(=O)c1cc3c(OCC[C@@H]4CCCC[NH2+]4)c(-c4cc(C)cc(C)c4)c(=O)[nH]c3cc1Cl)CC2.O=C([O-])C(F)(F)F. The van der Waals surface area contributed by atoms with Gasteiger partial charge in [-0.2, -0.15) is 13.2 Å². The third kappa shape index (κ3) is 8.82. The highest BCUT2D eigenvalue weighted by atomic mass is 35.5. The number of hydrogen-bond acceptors (Lipinski definition) is 7. The monoisotopic (exact) mass is 743 g/mol. The van der Waals surface area contributed by atoms with Gasteiger partial charge in [0.15, 0.2) is 11.5 Å². The maximum atomic E-state index is 14.1. The molecule has 1 atom stereocenters. The van der Waals surface area contributed by atoms with Gasteiger partial charge in [0.1, 0.15) is 11.7 Å². The molecule has 4 aromatic rings. The van der Waals surface area contributed by atoms with Gasteiger partial charge in [-0.25, -0.2) is 0 Å². The average molecular weight is 744 g/mol. The van der Waals surface area contributed by atoms with Crippen LogP contribution in [0.1, 0.15) is 58.3 Å². The molecule has 52 heavy (non-hydrogen) atoms. The molecule has 2 aliphatic heterocycles. The van der Waals surface area contributed by atoms with Crippen molar-refractivity contribution in [1.29, 1.82) is 0 Å². The van der Waals surface area contributed by atoms with Crippen LogP contribution in [0.4, 0.5) is 13.2 Å². The number of quaternary nitrogens is 1. The number of nitrogens with one attached hydrogen (secondary N) is 1. The van der Waals surface area contributed by atoms with E-state index in [1.807, 2.05) is 38.1 Å². The Kier molecular flexibility index (Phi) is 12.1. The molecular formula is C38H41ClF3N3O7. The van der Waals surface area contributed by atoms with E-state index in [0.29, 0.717) is 71.4 Å². The van der Waals surface area contributed by atoms with Crippen molar-refractivity contribution in [2.24, 2.45) is 0 Å². The third-order valence-electron chi connectivity index (χ3n) is 9.30. The number of ether oxygens (including phenoxy) is 3. The molecule has 0 unspecified atom stereocenters. The number of rotatable bonds is 8. The Bertz CT molecular complexity index is 2010. The molecule has 0 bridgehead atoms. The molecule has 10 nitrogen and oxygen atoms in total. The zero-order valence-electron chi connectivity index (χ0n) is 29.4. The molecule has 1 amide bonds. The largest absolute Gasteiger partial charge is 0.542 e. The summed E-state index contributed by atoms with van der Waals surface area (Å²) in [5.41, 5.74) is 6.16. The first-order valence-corrected chi connectivity index (χ1v) is 17.3. The highest BCUT2D eigenvalue weighted by molar-refractivity contribution is 6.34. The van der Waals surface area contributed by atoms with Crippen LogP contribution in [0.2, 0.25) is 5.02 Å². The number of aliphatic carboxylic acids is 1. The van der Waals surface area contributed by atoms with Crippen LogP contribution in [0.25, 0.3) is 22.0 Å². The van der Waals surface area contributed by atoms with Gasteiger partial charge in [-0.3, -0.25) is 9.59 Å². The number of aryl methyl sites for hydroxylation is 2. The number of aromatic nitrogens is 1. The number of fused-ring (bicyclic) bond motifs is 2. The van der Waals surface area contributed by atoms with Crippen LogP contribution < -0.4 is 30.2 Å². The molecule has 1 saturated heterocycles. The number of carboxylic acids is 1. The Morgan fingerprint density at radius 1 is 1.00 bits per heavy atom. The average Bonchev–Trinajstić information content (AvgIpc) is 3.10. The topological polar surface area (TPSA) is 138 Å². The van der Waals surface area contributed by atoms with Gasteiger partial charge in [0.2, 0.25) is 0 Å². The third-order valence-corrected chi connectivity index (χ3v) is 9.61. The van der Waals surface area contributed by atoms with Crippen molar-refractivity contribution in [2.45, 2.75) is 64.7 Å². The van der Waals surface area contributed by atoms with Gasteiger partial charge in [-0.1, -0.05) is 40.9 Å². The molecule has 1 aromatic heterocycles. The number of halogens is 4. The lowest BCUT2D eigenvalue weighted by molar-refractivity contribution is -0.698. The molecule has 6 rings (SSSR count). The minimum Gasteiger partial charge on any atom is -0.542 e. The van der Waals surface area contributed by atoms with Gasteiger partial charge in [0.05, 0.1) is 55.1 Å². The maximum Gasteiger partial charge on any atom is 0.430 e. The summed E-state index contributed by atoms with van der Waals surface area (Å²) >= 11 is 6.76. The van der Waals surface area contributed by atoms with Crippen LogP contribution >= 0.6 is 11.6 Å². The number of aromatic amines is 1. The minimum absolute atomic E-state index is 0.177. The number of H-pyrrole nitrogens is 1. The first kappa shape index (κ1) is 38.5. The molecule has 278 valence electrons. The zero-order chi connectivity index (χ0) is 37.7. The molecule has 3 heterocycles. The van der Waals surface area contributed by atoms with Gasteiger partial charge in [-0.05, 0) is 80.5 Å². The fraction of sp³-hybridized carbons (Fsp3) is 0.395. The molecule has 3 N–H and O–H groups in total. The lowest BCUT2D eigenvalue weighted by Crippen LogP contribution is -2.91. The second-order valence-corrected chi connectivity index (χ2v) is 13.5. The van der Waals surface area contributed by atoms with Crippen molar-refractivity contribution < 1.29 is 47.4 Å².